The van der Waals surface area contributed by atoms with Crippen molar-refractivity contribution < 1.29 is 9.59 Å². The predicted octanol–water partition coefficient (Wildman–Crippen LogP) is 6.56. The van der Waals surface area contributed by atoms with E-state index in [1.165, 1.54) is 16.6 Å². The molecule has 0 unspecified atom stereocenters. The Morgan fingerprint density at radius 2 is 1.88 bits per heavy atom. The van der Waals surface area contributed by atoms with Crippen molar-refractivity contribution in [1.29, 1.82) is 0 Å². The molecule has 178 valence electrons. The number of thioether (sulfide) groups is 1. The van der Waals surface area contributed by atoms with Crippen LogP contribution in [0.15, 0.2) is 64.9 Å². The van der Waals surface area contributed by atoms with Crippen molar-refractivity contribution in [2.75, 3.05) is 18.8 Å². The summed E-state index contributed by atoms with van der Waals surface area (Å²) in [6.07, 6.45) is 0.792. The number of nitrogens with zero attached hydrogens (tertiary/aromatic N) is 2. The molecule has 4 rings (SSSR count). The largest absolute Gasteiger partial charge is 0.330 e. The van der Waals surface area contributed by atoms with Crippen LogP contribution in [0.3, 0.4) is 0 Å². The fraction of sp³-hybridized carbons (Fsp3) is 0.308. The Morgan fingerprint density at radius 3 is 2.59 bits per heavy atom. The first-order valence-corrected chi connectivity index (χ1v) is 13.7. The van der Waals surface area contributed by atoms with Gasteiger partial charge in [-0.2, -0.15) is 0 Å². The number of hydrogen-bond acceptors (Lipinski definition) is 4. The molecular weight excluding hydrogens is 507 g/mol. The highest BCUT2D eigenvalue weighted by Crippen LogP contribution is 2.41. The molecule has 1 aromatic heterocycles. The molecule has 3 aromatic rings. The quantitative estimate of drug-likeness (QED) is 0.323. The average molecular weight is 534 g/mol. The molecule has 0 radical (unpaired) electrons. The van der Waals surface area contributed by atoms with Crippen LogP contribution in [0.25, 0.3) is 0 Å². The van der Waals surface area contributed by atoms with E-state index in [0.29, 0.717) is 16.6 Å². The van der Waals surface area contributed by atoms with Crippen molar-refractivity contribution in [2.24, 2.45) is 0 Å². The van der Waals surface area contributed by atoms with Crippen molar-refractivity contribution in [3.8, 4) is 0 Å². The van der Waals surface area contributed by atoms with E-state index in [1.807, 2.05) is 55.1 Å². The highest BCUT2D eigenvalue weighted by molar-refractivity contribution is 8.00. The van der Waals surface area contributed by atoms with Gasteiger partial charge in [0.05, 0.1) is 11.8 Å². The van der Waals surface area contributed by atoms with Crippen molar-refractivity contribution in [3.05, 3.63) is 86.0 Å². The molecule has 34 heavy (non-hydrogen) atoms. The monoisotopic (exact) mass is 532 g/mol. The van der Waals surface area contributed by atoms with Gasteiger partial charge >= 0.3 is 0 Å². The highest BCUT2D eigenvalue weighted by atomic mass is 35.5. The fourth-order valence-corrected chi connectivity index (χ4v) is 6.40. The first-order chi connectivity index (χ1) is 16.3. The van der Waals surface area contributed by atoms with Crippen LogP contribution >= 0.6 is 46.3 Å². The van der Waals surface area contributed by atoms with Crippen LogP contribution in [-0.4, -0.2) is 46.5 Å². The summed E-state index contributed by atoms with van der Waals surface area (Å²) in [5, 5.41) is 3.14. The summed E-state index contributed by atoms with van der Waals surface area (Å²) in [4.78, 5) is 32.5. The summed E-state index contributed by atoms with van der Waals surface area (Å²) in [7, 11) is 0. The smallest absolute Gasteiger partial charge is 0.243 e. The second-order valence-electron chi connectivity index (χ2n) is 8.42. The number of amides is 2. The lowest BCUT2D eigenvalue weighted by molar-refractivity contribution is -0.141. The molecule has 0 saturated heterocycles. The topological polar surface area (TPSA) is 40.6 Å². The Bertz CT molecular complexity index is 1170. The van der Waals surface area contributed by atoms with Crippen molar-refractivity contribution in [2.45, 2.75) is 37.2 Å². The lowest BCUT2D eigenvalue weighted by Crippen LogP contribution is -2.49. The number of carbonyl (C=O) groups is 2. The molecule has 0 spiro atoms. The van der Waals surface area contributed by atoms with E-state index in [4.69, 9.17) is 23.2 Å². The van der Waals surface area contributed by atoms with Crippen LogP contribution in [0, 0.1) is 0 Å². The van der Waals surface area contributed by atoms with Gasteiger partial charge in [-0.15, -0.1) is 23.1 Å². The molecule has 1 aliphatic heterocycles. The van der Waals surface area contributed by atoms with Gasteiger partial charge in [-0.25, -0.2) is 0 Å². The maximum absolute atomic E-state index is 13.6. The highest BCUT2D eigenvalue weighted by Gasteiger charge is 2.35. The van der Waals surface area contributed by atoms with Crippen LogP contribution in [-0.2, 0) is 16.0 Å². The average Bonchev–Trinajstić information content (AvgIpc) is 3.30. The Balaban J connectivity index is 1.55. The minimum atomic E-state index is -0.296. The SMILES string of the molecule is CC(C)N(CC(=O)N1CCc2sccc2[C@@H]1c1ccc(Cl)cc1Cl)C(=O)CSc1ccccc1. The second kappa shape index (κ2) is 11.2. The number of halogens is 2. The van der Waals surface area contributed by atoms with E-state index in [9.17, 15) is 9.59 Å². The van der Waals surface area contributed by atoms with Gasteiger partial charge < -0.3 is 9.80 Å². The minimum Gasteiger partial charge on any atom is -0.330 e. The molecule has 0 aliphatic carbocycles. The van der Waals surface area contributed by atoms with Crippen LogP contribution in [0.5, 0.6) is 0 Å². The third-order valence-electron chi connectivity index (χ3n) is 5.90. The zero-order chi connectivity index (χ0) is 24.2. The van der Waals surface area contributed by atoms with Crippen LogP contribution in [0.4, 0.5) is 0 Å². The Morgan fingerprint density at radius 1 is 1.12 bits per heavy atom. The molecule has 2 heterocycles. The Hall–Kier alpha value is -1.99. The number of hydrogen-bond donors (Lipinski definition) is 0. The molecule has 0 N–H and O–H groups in total. The zero-order valence-electron chi connectivity index (χ0n) is 19.0. The van der Waals surface area contributed by atoms with Gasteiger partial charge in [0, 0.05) is 32.4 Å². The van der Waals surface area contributed by atoms with E-state index >= 15 is 0 Å². The minimum absolute atomic E-state index is 0.0348. The van der Waals surface area contributed by atoms with Crippen molar-refractivity contribution >= 4 is 58.1 Å². The molecule has 1 atom stereocenters. The number of carbonyl (C=O) groups excluding carboxylic acids is 2. The van der Waals surface area contributed by atoms with Gasteiger partial charge in [-0.1, -0.05) is 47.5 Å². The standard InChI is InChI=1S/C26H26Cl2N2O2S2/c1-17(2)30(25(32)16-34-19-6-4-3-5-7-19)15-24(31)29-12-10-23-21(11-13-33-23)26(29)20-9-8-18(27)14-22(20)28/h3-9,11,13-14,17,26H,10,12,15-16H2,1-2H3/t26-/m0/s1. The van der Waals surface area contributed by atoms with Gasteiger partial charge in [-0.3, -0.25) is 9.59 Å². The third kappa shape index (κ3) is 5.62. The number of thiophene rings is 1. The second-order valence-corrected chi connectivity index (χ2v) is 11.3. The van der Waals surface area contributed by atoms with Gasteiger partial charge in [-0.05, 0) is 67.1 Å². The lowest BCUT2D eigenvalue weighted by Gasteiger charge is -2.38. The molecule has 1 aliphatic rings. The summed E-state index contributed by atoms with van der Waals surface area (Å²) in [6, 6.07) is 16.9. The molecule has 2 aromatic carbocycles. The first-order valence-electron chi connectivity index (χ1n) is 11.1. The molecule has 0 bridgehead atoms. The van der Waals surface area contributed by atoms with Crippen molar-refractivity contribution in [1.82, 2.24) is 9.80 Å². The summed E-state index contributed by atoms with van der Waals surface area (Å²) in [5.74, 6) is 0.155. The molecular formula is C26H26Cl2N2O2S2. The van der Waals surface area contributed by atoms with Crippen LogP contribution in [0.2, 0.25) is 10.0 Å². The summed E-state index contributed by atoms with van der Waals surface area (Å²) in [6.45, 7) is 4.50. The zero-order valence-corrected chi connectivity index (χ0v) is 22.2. The number of rotatable bonds is 7. The molecule has 0 fully saturated rings. The molecule has 4 nitrogen and oxygen atoms in total. The van der Waals surface area contributed by atoms with E-state index in [1.54, 1.807) is 28.4 Å². The van der Waals surface area contributed by atoms with E-state index in [2.05, 4.69) is 11.4 Å². The van der Waals surface area contributed by atoms with Gasteiger partial charge in [0.2, 0.25) is 11.8 Å². The number of benzene rings is 2. The van der Waals surface area contributed by atoms with Gasteiger partial charge in [0.1, 0.15) is 6.54 Å². The predicted molar refractivity (Wildman–Crippen MR) is 142 cm³/mol. The lowest BCUT2D eigenvalue weighted by atomic mass is 9.93. The molecule has 0 saturated carbocycles. The van der Waals surface area contributed by atoms with Crippen LogP contribution < -0.4 is 0 Å². The molecule has 2 amide bonds. The van der Waals surface area contributed by atoms with Crippen molar-refractivity contribution in [3.63, 3.8) is 0 Å². The van der Waals surface area contributed by atoms with E-state index in [0.717, 1.165) is 22.4 Å². The molecule has 8 heteroatoms. The summed E-state index contributed by atoms with van der Waals surface area (Å²) in [5.41, 5.74) is 1.94. The Labute approximate surface area is 218 Å². The van der Waals surface area contributed by atoms with Gasteiger partial charge in [0.15, 0.2) is 0 Å². The Kier molecular flexibility index (Phi) is 8.25. The summed E-state index contributed by atoms with van der Waals surface area (Å²) < 4.78 is 0. The fourth-order valence-electron chi connectivity index (χ4n) is 4.18. The number of fused-ring (bicyclic) bond motifs is 1. The van der Waals surface area contributed by atoms with Crippen LogP contribution in [0.1, 0.15) is 35.9 Å². The maximum atomic E-state index is 13.6. The normalized spacial score (nSPS) is 15.3. The summed E-state index contributed by atoms with van der Waals surface area (Å²) >= 11 is 15.9. The third-order valence-corrected chi connectivity index (χ3v) is 8.45. The van der Waals surface area contributed by atoms with E-state index < -0.39 is 0 Å². The van der Waals surface area contributed by atoms with E-state index in [-0.39, 0.29) is 36.2 Å². The first kappa shape index (κ1) is 25.1. The maximum Gasteiger partial charge on any atom is 0.243 e. The van der Waals surface area contributed by atoms with Gasteiger partial charge in [0.25, 0.3) is 0 Å².